The highest BCUT2D eigenvalue weighted by Gasteiger charge is 2.14. The summed E-state index contributed by atoms with van der Waals surface area (Å²) >= 11 is 0. The largest absolute Gasteiger partial charge is 0.494 e. The summed E-state index contributed by atoms with van der Waals surface area (Å²) in [6.45, 7) is 3.78. The molecule has 0 aliphatic heterocycles. The molecule has 20 heavy (non-hydrogen) atoms. The lowest BCUT2D eigenvalue weighted by Gasteiger charge is -2.11. The third-order valence-electron chi connectivity index (χ3n) is 2.68. The zero-order chi connectivity index (χ0) is 14.5. The molecule has 0 spiro atoms. The average molecular weight is 274 g/mol. The number of para-hydroxylation sites is 1. The predicted octanol–water partition coefficient (Wildman–Crippen LogP) is 4.22. The number of Topliss-reactive ketones (excluding diaryl/α,β-unsaturated/α-hetero) is 1. The van der Waals surface area contributed by atoms with E-state index in [2.05, 4.69) is 0 Å². The Labute approximate surface area is 117 Å². The van der Waals surface area contributed by atoms with Crippen molar-refractivity contribution in [1.82, 2.24) is 0 Å². The summed E-state index contributed by atoms with van der Waals surface area (Å²) in [5, 5.41) is 0. The van der Waals surface area contributed by atoms with E-state index < -0.39 is 5.82 Å². The molecule has 0 bridgehead atoms. The van der Waals surface area contributed by atoms with Crippen LogP contribution >= 0.6 is 0 Å². The molecule has 0 radical (unpaired) electrons. The van der Waals surface area contributed by atoms with Crippen LogP contribution < -0.4 is 9.47 Å². The molecule has 2 aromatic carbocycles. The molecular weight excluding hydrogens is 259 g/mol. The quantitative estimate of drug-likeness (QED) is 0.766. The van der Waals surface area contributed by atoms with Crippen molar-refractivity contribution in [2.24, 2.45) is 0 Å². The molecule has 2 aromatic rings. The summed E-state index contributed by atoms with van der Waals surface area (Å²) in [7, 11) is 0. The van der Waals surface area contributed by atoms with E-state index in [0.29, 0.717) is 18.1 Å². The Morgan fingerprint density at radius 2 is 1.85 bits per heavy atom. The van der Waals surface area contributed by atoms with Gasteiger partial charge in [-0.2, -0.15) is 0 Å². The van der Waals surface area contributed by atoms with Crippen LogP contribution in [0.2, 0.25) is 0 Å². The molecule has 0 aliphatic rings. The van der Waals surface area contributed by atoms with E-state index in [1.807, 2.05) is 6.92 Å². The van der Waals surface area contributed by atoms with Gasteiger partial charge in [-0.1, -0.05) is 12.1 Å². The van der Waals surface area contributed by atoms with Crippen LogP contribution in [0, 0.1) is 5.82 Å². The first-order valence-electron chi connectivity index (χ1n) is 6.32. The molecule has 0 fully saturated rings. The van der Waals surface area contributed by atoms with Gasteiger partial charge in [0.2, 0.25) is 0 Å². The number of hydrogen-bond acceptors (Lipinski definition) is 3. The number of halogens is 1. The second-order valence-corrected chi connectivity index (χ2v) is 4.18. The lowest BCUT2D eigenvalue weighted by atomic mass is 10.1. The zero-order valence-electron chi connectivity index (χ0n) is 11.4. The van der Waals surface area contributed by atoms with Crippen LogP contribution in [-0.2, 0) is 0 Å². The van der Waals surface area contributed by atoms with Gasteiger partial charge in [0.05, 0.1) is 12.2 Å². The SMILES string of the molecule is CCOc1cccc(Oc2c(F)cccc2C(C)=O)c1. The summed E-state index contributed by atoms with van der Waals surface area (Å²) in [4.78, 5) is 11.5. The number of carbonyl (C=O) groups excluding carboxylic acids is 1. The lowest BCUT2D eigenvalue weighted by Crippen LogP contribution is -1.99. The first kappa shape index (κ1) is 14.1. The van der Waals surface area contributed by atoms with Crippen LogP contribution in [0.1, 0.15) is 24.2 Å². The average Bonchev–Trinajstić information content (AvgIpc) is 2.41. The van der Waals surface area contributed by atoms with Gasteiger partial charge in [-0.05, 0) is 38.1 Å². The number of ketones is 1. The molecular formula is C16H15FO3. The Bertz CT molecular complexity index is 623. The highest BCUT2D eigenvalue weighted by molar-refractivity contribution is 5.96. The van der Waals surface area contributed by atoms with Crippen LogP contribution in [0.4, 0.5) is 4.39 Å². The molecule has 0 atom stereocenters. The molecule has 104 valence electrons. The van der Waals surface area contributed by atoms with E-state index in [0.717, 1.165) is 0 Å². The molecule has 3 nitrogen and oxygen atoms in total. The first-order valence-corrected chi connectivity index (χ1v) is 6.32. The molecule has 0 unspecified atom stereocenters. The van der Waals surface area contributed by atoms with E-state index >= 15 is 0 Å². The standard InChI is InChI=1S/C16H15FO3/c1-3-19-12-6-4-7-13(10-12)20-16-14(11(2)18)8-5-9-15(16)17/h4-10H,3H2,1-2H3. The topological polar surface area (TPSA) is 35.5 Å². The highest BCUT2D eigenvalue weighted by atomic mass is 19.1. The summed E-state index contributed by atoms with van der Waals surface area (Å²) in [5.41, 5.74) is 0.215. The van der Waals surface area contributed by atoms with Crippen LogP contribution in [0.15, 0.2) is 42.5 Å². The van der Waals surface area contributed by atoms with Gasteiger partial charge < -0.3 is 9.47 Å². The van der Waals surface area contributed by atoms with Crippen molar-refractivity contribution in [3.8, 4) is 17.2 Å². The lowest BCUT2D eigenvalue weighted by molar-refractivity contribution is 0.101. The van der Waals surface area contributed by atoms with Crippen LogP contribution in [0.3, 0.4) is 0 Å². The van der Waals surface area contributed by atoms with Crippen LogP contribution in [0.5, 0.6) is 17.2 Å². The maximum absolute atomic E-state index is 13.8. The molecule has 0 saturated carbocycles. The van der Waals surface area contributed by atoms with Gasteiger partial charge in [-0.25, -0.2) is 4.39 Å². The third kappa shape index (κ3) is 3.15. The van der Waals surface area contributed by atoms with Crippen molar-refractivity contribution in [2.75, 3.05) is 6.61 Å². The summed E-state index contributed by atoms with van der Waals surface area (Å²) in [6.07, 6.45) is 0. The number of ether oxygens (including phenoxy) is 2. The zero-order valence-corrected chi connectivity index (χ0v) is 11.4. The Kier molecular flexibility index (Phi) is 4.35. The second-order valence-electron chi connectivity index (χ2n) is 4.18. The summed E-state index contributed by atoms with van der Waals surface area (Å²) in [6, 6.07) is 11.1. The van der Waals surface area contributed by atoms with Crippen LogP contribution in [-0.4, -0.2) is 12.4 Å². The van der Waals surface area contributed by atoms with Gasteiger partial charge in [0, 0.05) is 6.07 Å². The number of carbonyl (C=O) groups is 1. The number of hydrogen-bond donors (Lipinski definition) is 0. The normalized spacial score (nSPS) is 10.2. The van der Waals surface area contributed by atoms with Crippen molar-refractivity contribution in [2.45, 2.75) is 13.8 Å². The fraction of sp³-hybridized carbons (Fsp3) is 0.188. The summed E-state index contributed by atoms with van der Waals surface area (Å²) < 4.78 is 24.7. The molecule has 0 heterocycles. The third-order valence-corrected chi connectivity index (χ3v) is 2.68. The maximum atomic E-state index is 13.8. The molecule has 0 N–H and O–H groups in total. The number of rotatable bonds is 5. The van der Waals surface area contributed by atoms with E-state index in [-0.39, 0.29) is 17.1 Å². The van der Waals surface area contributed by atoms with Gasteiger partial charge >= 0.3 is 0 Å². The van der Waals surface area contributed by atoms with Gasteiger partial charge in [-0.15, -0.1) is 0 Å². The minimum absolute atomic E-state index is 0.0614. The smallest absolute Gasteiger partial charge is 0.173 e. The van der Waals surface area contributed by atoms with E-state index in [1.54, 1.807) is 24.3 Å². The van der Waals surface area contributed by atoms with Crippen molar-refractivity contribution in [3.63, 3.8) is 0 Å². The first-order chi connectivity index (χ1) is 9.61. The molecule has 4 heteroatoms. The Morgan fingerprint density at radius 1 is 1.15 bits per heavy atom. The van der Waals surface area contributed by atoms with Gasteiger partial charge in [0.1, 0.15) is 11.5 Å². The van der Waals surface area contributed by atoms with Crippen molar-refractivity contribution < 1.29 is 18.7 Å². The van der Waals surface area contributed by atoms with Crippen molar-refractivity contribution in [3.05, 3.63) is 53.8 Å². The predicted molar refractivity (Wildman–Crippen MR) is 74.1 cm³/mol. The van der Waals surface area contributed by atoms with Crippen LogP contribution in [0.25, 0.3) is 0 Å². The second kappa shape index (κ2) is 6.19. The summed E-state index contributed by atoms with van der Waals surface area (Å²) in [5.74, 6) is 0.169. The minimum Gasteiger partial charge on any atom is -0.494 e. The van der Waals surface area contributed by atoms with Crippen molar-refractivity contribution >= 4 is 5.78 Å². The highest BCUT2D eigenvalue weighted by Crippen LogP contribution is 2.30. The molecule has 0 aromatic heterocycles. The van der Waals surface area contributed by atoms with Gasteiger partial charge in [0.15, 0.2) is 17.3 Å². The van der Waals surface area contributed by atoms with E-state index in [1.165, 1.54) is 25.1 Å². The Hall–Kier alpha value is -2.36. The molecule has 0 amide bonds. The molecule has 0 saturated heterocycles. The van der Waals surface area contributed by atoms with Gasteiger partial charge in [-0.3, -0.25) is 4.79 Å². The number of benzene rings is 2. The van der Waals surface area contributed by atoms with E-state index in [4.69, 9.17) is 9.47 Å². The molecule has 0 aliphatic carbocycles. The fourth-order valence-electron chi connectivity index (χ4n) is 1.80. The minimum atomic E-state index is -0.570. The maximum Gasteiger partial charge on any atom is 0.173 e. The molecule has 2 rings (SSSR count). The van der Waals surface area contributed by atoms with Crippen molar-refractivity contribution in [1.29, 1.82) is 0 Å². The fourth-order valence-corrected chi connectivity index (χ4v) is 1.80. The van der Waals surface area contributed by atoms with Gasteiger partial charge in [0.25, 0.3) is 0 Å². The van der Waals surface area contributed by atoms with E-state index in [9.17, 15) is 9.18 Å². The Morgan fingerprint density at radius 3 is 2.55 bits per heavy atom. The Balaban J connectivity index is 2.34. The monoisotopic (exact) mass is 274 g/mol.